The predicted octanol–water partition coefficient (Wildman–Crippen LogP) is 4.13. The van der Waals surface area contributed by atoms with E-state index in [9.17, 15) is 4.79 Å². The van der Waals surface area contributed by atoms with E-state index in [0.717, 1.165) is 19.3 Å². The summed E-state index contributed by atoms with van der Waals surface area (Å²) in [5.41, 5.74) is 1.62. The van der Waals surface area contributed by atoms with Gasteiger partial charge < -0.3 is 0 Å². The second-order valence-corrected chi connectivity index (χ2v) is 6.67. The van der Waals surface area contributed by atoms with Crippen LogP contribution in [0, 0.1) is 16.7 Å². The second kappa shape index (κ2) is 3.72. The molecular formula is C15H24O. The molecule has 1 nitrogen and oxygen atoms in total. The summed E-state index contributed by atoms with van der Waals surface area (Å²) in [6.07, 6.45) is 7.68. The van der Waals surface area contributed by atoms with E-state index in [4.69, 9.17) is 0 Å². The van der Waals surface area contributed by atoms with E-state index in [1.165, 1.54) is 18.4 Å². The fraction of sp³-hybridized carbons (Fsp3) is 0.800. The molecule has 1 fully saturated rings. The molecule has 0 bridgehead atoms. The van der Waals surface area contributed by atoms with Gasteiger partial charge in [0.15, 0.2) is 0 Å². The molecule has 0 aromatic carbocycles. The fourth-order valence-corrected chi connectivity index (χ4v) is 3.77. The average Bonchev–Trinajstić information content (AvgIpc) is 2.29. The highest BCUT2D eigenvalue weighted by atomic mass is 16.1. The second-order valence-electron chi connectivity index (χ2n) is 6.67. The minimum absolute atomic E-state index is 0.0838. The normalized spacial score (nSPS) is 38.6. The van der Waals surface area contributed by atoms with Crippen molar-refractivity contribution in [2.24, 2.45) is 16.7 Å². The molecule has 0 saturated heterocycles. The maximum atomic E-state index is 12.4. The quantitative estimate of drug-likeness (QED) is 0.561. The van der Waals surface area contributed by atoms with Gasteiger partial charge in [-0.3, -0.25) is 4.79 Å². The van der Waals surface area contributed by atoms with Gasteiger partial charge in [-0.25, -0.2) is 0 Å². The lowest BCUT2D eigenvalue weighted by Gasteiger charge is -2.48. The highest BCUT2D eigenvalue weighted by Gasteiger charge is 2.49. The van der Waals surface area contributed by atoms with Gasteiger partial charge in [0, 0.05) is 11.8 Å². The van der Waals surface area contributed by atoms with E-state index in [2.05, 4.69) is 33.8 Å². The van der Waals surface area contributed by atoms with E-state index in [1.807, 2.05) is 0 Å². The van der Waals surface area contributed by atoms with Crippen molar-refractivity contribution in [3.63, 3.8) is 0 Å². The summed E-state index contributed by atoms with van der Waals surface area (Å²) in [6.45, 7) is 9.05. The summed E-state index contributed by atoms with van der Waals surface area (Å²) in [7, 11) is 0. The predicted molar refractivity (Wildman–Crippen MR) is 67.2 cm³/mol. The van der Waals surface area contributed by atoms with Crippen LogP contribution < -0.4 is 0 Å². The molecule has 0 aromatic heterocycles. The monoisotopic (exact) mass is 220 g/mol. The summed E-state index contributed by atoms with van der Waals surface area (Å²) in [6, 6.07) is 0. The van der Waals surface area contributed by atoms with Gasteiger partial charge in [-0.2, -0.15) is 0 Å². The van der Waals surface area contributed by atoms with E-state index in [0.29, 0.717) is 11.7 Å². The number of hydrogen-bond acceptors (Lipinski definition) is 1. The Hall–Kier alpha value is -0.590. The number of carbonyl (C=O) groups excluding carboxylic acids is 1. The highest BCUT2D eigenvalue weighted by Crippen LogP contribution is 2.54. The SMILES string of the molecule is CC1=CC2C(C)(C)CCCC2(C)C(=O)CC1. The minimum atomic E-state index is -0.0838. The Kier molecular flexibility index (Phi) is 2.76. The molecule has 16 heavy (non-hydrogen) atoms. The molecule has 2 aliphatic rings. The van der Waals surface area contributed by atoms with Crippen molar-refractivity contribution >= 4 is 5.78 Å². The van der Waals surface area contributed by atoms with Crippen molar-refractivity contribution < 1.29 is 4.79 Å². The Morgan fingerprint density at radius 2 is 1.88 bits per heavy atom. The minimum Gasteiger partial charge on any atom is -0.299 e. The Balaban J connectivity index is 2.46. The molecule has 0 aromatic rings. The van der Waals surface area contributed by atoms with Crippen LogP contribution >= 0.6 is 0 Å². The molecule has 2 unspecified atom stereocenters. The van der Waals surface area contributed by atoms with Gasteiger partial charge in [-0.1, -0.05) is 38.8 Å². The van der Waals surface area contributed by atoms with Crippen LogP contribution in [0.3, 0.4) is 0 Å². The molecule has 1 saturated carbocycles. The van der Waals surface area contributed by atoms with Crippen LogP contribution in [0.25, 0.3) is 0 Å². The Bertz CT molecular complexity index is 337. The van der Waals surface area contributed by atoms with Gasteiger partial charge >= 0.3 is 0 Å². The fourth-order valence-electron chi connectivity index (χ4n) is 3.77. The Morgan fingerprint density at radius 1 is 1.19 bits per heavy atom. The number of hydrogen-bond donors (Lipinski definition) is 0. The molecule has 0 heterocycles. The molecule has 2 aliphatic carbocycles. The van der Waals surface area contributed by atoms with Crippen LogP contribution in [0.4, 0.5) is 0 Å². The maximum absolute atomic E-state index is 12.4. The van der Waals surface area contributed by atoms with Crippen molar-refractivity contribution in [2.45, 2.75) is 59.8 Å². The van der Waals surface area contributed by atoms with Gasteiger partial charge in [-0.15, -0.1) is 0 Å². The van der Waals surface area contributed by atoms with Crippen molar-refractivity contribution in [2.75, 3.05) is 0 Å². The number of allylic oxidation sites excluding steroid dienone is 2. The van der Waals surface area contributed by atoms with Crippen LogP contribution in [-0.2, 0) is 4.79 Å². The first-order valence-electron chi connectivity index (χ1n) is 6.57. The summed E-state index contributed by atoms with van der Waals surface area (Å²) in [5.74, 6) is 0.946. The number of carbonyl (C=O) groups is 1. The number of Topliss-reactive ketones (excluding diaryl/α,β-unsaturated/α-hetero) is 1. The van der Waals surface area contributed by atoms with Crippen LogP contribution in [0.2, 0.25) is 0 Å². The van der Waals surface area contributed by atoms with Crippen molar-refractivity contribution in [1.82, 2.24) is 0 Å². The molecule has 1 heteroatoms. The molecule has 0 aliphatic heterocycles. The number of fused-ring (bicyclic) bond motifs is 1. The zero-order valence-electron chi connectivity index (χ0n) is 11.1. The van der Waals surface area contributed by atoms with Crippen molar-refractivity contribution in [3.8, 4) is 0 Å². The number of rotatable bonds is 0. The van der Waals surface area contributed by atoms with Crippen molar-refractivity contribution in [3.05, 3.63) is 11.6 Å². The molecule has 0 spiro atoms. The standard InChI is InChI=1S/C15H24O/c1-11-6-7-13(16)15(4)9-5-8-14(2,3)12(15)10-11/h10,12H,5-9H2,1-4H3. The zero-order valence-corrected chi connectivity index (χ0v) is 11.1. The van der Waals surface area contributed by atoms with Crippen LogP contribution in [0.5, 0.6) is 0 Å². The van der Waals surface area contributed by atoms with E-state index in [1.54, 1.807) is 0 Å². The third-order valence-electron chi connectivity index (χ3n) is 4.88. The van der Waals surface area contributed by atoms with Gasteiger partial charge in [0.2, 0.25) is 0 Å². The third kappa shape index (κ3) is 1.74. The van der Waals surface area contributed by atoms with Gasteiger partial charge in [-0.05, 0) is 37.5 Å². The smallest absolute Gasteiger partial charge is 0.139 e. The topological polar surface area (TPSA) is 17.1 Å². The Labute approximate surface area is 99.3 Å². The van der Waals surface area contributed by atoms with Gasteiger partial charge in [0.25, 0.3) is 0 Å². The average molecular weight is 220 g/mol. The lowest BCUT2D eigenvalue weighted by molar-refractivity contribution is -0.135. The van der Waals surface area contributed by atoms with Crippen LogP contribution in [0.15, 0.2) is 11.6 Å². The molecule has 0 N–H and O–H groups in total. The molecule has 2 atom stereocenters. The first-order chi connectivity index (χ1) is 7.36. The van der Waals surface area contributed by atoms with E-state index >= 15 is 0 Å². The molecule has 0 radical (unpaired) electrons. The highest BCUT2D eigenvalue weighted by molar-refractivity contribution is 5.86. The molecule has 0 amide bonds. The summed E-state index contributed by atoms with van der Waals surface area (Å²) in [5, 5.41) is 0. The number of ketones is 1. The zero-order chi connectivity index (χ0) is 12.0. The molecular weight excluding hydrogens is 196 g/mol. The van der Waals surface area contributed by atoms with Crippen LogP contribution in [-0.4, -0.2) is 5.78 Å². The van der Waals surface area contributed by atoms with Gasteiger partial charge in [0.05, 0.1) is 0 Å². The molecule has 90 valence electrons. The van der Waals surface area contributed by atoms with Crippen molar-refractivity contribution in [1.29, 1.82) is 0 Å². The summed E-state index contributed by atoms with van der Waals surface area (Å²) >= 11 is 0. The lowest BCUT2D eigenvalue weighted by Crippen LogP contribution is -2.45. The third-order valence-corrected chi connectivity index (χ3v) is 4.88. The Morgan fingerprint density at radius 3 is 2.56 bits per heavy atom. The van der Waals surface area contributed by atoms with E-state index < -0.39 is 0 Å². The first kappa shape index (κ1) is 11.9. The molecule has 2 rings (SSSR count). The summed E-state index contributed by atoms with van der Waals surface area (Å²) in [4.78, 5) is 12.4. The summed E-state index contributed by atoms with van der Waals surface area (Å²) < 4.78 is 0. The largest absolute Gasteiger partial charge is 0.299 e. The van der Waals surface area contributed by atoms with E-state index in [-0.39, 0.29) is 10.8 Å². The first-order valence-corrected chi connectivity index (χ1v) is 6.57. The van der Waals surface area contributed by atoms with Crippen LogP contribution in [0.1, 0.15) is 59.8 Å². The lowest BCUT2D eigenvalue weighted by atomic mass is 9.55. The van der Waals surface area contributed by atoms with Gasteiger partial charge in [0.1, 0.15) is 5.78 Å². The maximum Gasteiger partial charge on any atom is 0.139 e.